The zero-order valence-corrected chi connectivity index (χ0v) is 12.4. The summed E-state index contributed by atoms with van der Waals surface area (Å²) in [4.78, 5) is 4.17. The molecule has 0 saturated heterocycles. The molecule has 18 heavy (non-hydrogen) atoms. The third kappa shape index (κ3) is 3.80. The van der Waals surface area contributed by atoms with Gasteiger partial charge < -0.3 is 5.32 Å². The maximum Gasteiger partial charge on any atom is 0.151 e. The molecule has 1 aromatic heterocycles. The van der Waals surface area contributed by atoms with Crippen molar-refractivity contribution in [3.05, 3.63) is 45.4 Å². The van der Waals surface area contributed by atoms with Crippen LogP contribution in [0.3, 0.4) is 0 Å². The average molecular weight is 330 g/mol. The van der Waals surface area contributed by atoms with Crippen molar-refractivity contribution in [1.29, 1.82) is 0 Å². The van der Waals surface area contributed by atoms with Crippen LogP contribution in [0.5, 0.6) is 0 Å². The summed E-state index contributed by atoms with van der Waals surface area (Å²) in [6.45, 7) is 1.64. The minimum absolute atomic E-state index is 0.739. The van der Waals surface area contributed by atoms with Crippen LogP contribution in [0.15, 0.2) is 29.0 Å². The molecule has 6 heteroatoms. The van der Waals surface area contributed by atoms with Gasteiger partial charge in [0.1, 0.15) is 6.33 Å². The summed E-state index contributed by atoms with van der Waals surface area (Å²) in [5, 5.41) is 8.32. The molecule has 0 spiro atoms. The van der Waals surface area contributed by atoms with Crippen LogP contribution in [0.1, 0.15) is 11.4 Å². The molecule has 0 bridgehead atoms. The van der Waals surface area contributed by atoms with E-state index in [1.807, 2.05) is 25.2 Å². The highest BCUT2D eigenvalue weighted by molar-refractivity contribution is 9.10. The molecular formula is C12H14BrClN4. The smallest absolute Gasteiger partial charge is 0.151 e. The molecule has 1 aromatic carbocycles. The van der Waals surface area contributed by atoms with Crippen molar-refractivity contribution in [3.63, 3.8) is 0 Å². The monoisotopic (exact) mass is 328 g/mol. The zero-order chi connectivity index (χ0) is 13.0. The molecule has 0 atom stereocenters. The van der Waals surface area contributed by atoms with Crippen LogP contribution >= 0.6 is 27.5 Å². The number of hydrogen-bond acceptors (Lipinski definition) is 3. The van der Waals surface area contributed by atoms with Gasteiger partial charge in [-0.15, -0.1) is 0 Å². The number of nitrogens with zero attached hydrogens (tertiary/aromatic N) is 3. The summed E-state index contributed by atoms with van der Waals surface area (Å²) in [5.74, 6) is 0.861. The second-order valence-electron chi connectivity index (χ2n) is 4.00. The summed E-state index contributed by atoms with van der Waals surface area (Å²) in [6.07, 6.45) is 2.54. The first-order valence-corrected chi connectivity index (χ1v) is 6.81. The summed E-state index contributed by atoms with van der Waals surface area (Å²) in [6, 6.07) is 5.81. The predicted molar refractivity (Wildman–Crippen MR) is 75.6 cm³/mol. The maximum absolute atomic E-state index is 5.89. The van der Waals surface area contributed by atoms with E-state index in [0.717, 1.165) is 34.8 Å². The third-order valence-electron chi connectivity index (χ3n) is 2.50. The van der Waals surface area contributed by atoms with E-state index in [1.54, 1.807) is 11.0 Å². The molecule has 0 radical (unpaired) electrons. The highest BCUT2D eigenvalue weighted by Crippen LogP contribution is 2.21. The zero-order valence-electron chi connectivity index (χ0n) is 10.0. The summed E-state index contributed by atoms with van der Waals surface area (Å²) in [7, 11) is 1.87. The van der Waals surface area contributed by atoms with Gasteiger partial charge in [-0.2, -0.15) is 5.10 Å². The Kier molecular flexibility index (Phi) is 4.74. The van der Waals surface area contributed by atoms with E-state index >= 15 is 0 Å². The number of benzene rings is 1. The van der Waals surface area contributed by atoms with Gasteiger partial charge in [-0.25, -0.2) is 4.98 Å². The first kappa shape index (κ1) is 13.5. The highest BCUT2D eigenvalue weighted by atomic mass is 79.9. The number of hydrogen-bond donors (Lipinski definition) is 1. The Labute approximate surface area is 119 Å². The Hall–Kier alpha value is -0.910. The molecule has 0 aliphatic heterocycles. The summed E-state index contributed by atoms with van der Waals surface area (Å²) in [5.41, 5.74) is 1.19. The maximum atomic E-state index is 5.89. The van der Waals surface area contributed by atoms with Gasteiger partial charge in [0, 0.05) is 36.1 Å². The van der Waals surface area contributed by atoms with Gasteiger partial charge in [-0.1, -0.05) is 33.6 Å². The molecule has 0 amide bonds. The van der Waals surface area contributed by atoms with Crippen LogP contribution in [0.2, 0.25) is 5.02 Å². The number of aromatic nitrogens is 3. The number of aryl methyl sites for hydroxylation is 1. The molecule has 0 aliphatic carbocycles. The average Bonchev–Trinajstić information content (AvgIpc) is 2.73. The second kappa shape index (κ2) is 6.31. The van der Waals surface area contributed by atoms with Gasteiger partial charge in [0.2, 0.25) is 0 Å². The van der Waals surface area contributed by atoms with Crippen LogP contribution in [0.4, 0.5) is 0 Å². The largest absolute Gasteiger partial charge is 0.312 e. The van der Waals surface area contributed by atoms with Crippen molar-refractivity contribution in [1.82, 2.24) is 20.1 Å². The van der Waals surface area contributed by atoms with E-state index in [4.69, 9.17) is 11.6 Å². The Bertz CT molecular complexity index is 527. The van der Waals surface area contributed by atoms with Crippen LogP contribution in [0.25, 0.3) is 0 Å². The van der Waals surface area contributed by atoms with E-state index in [1.165, 1.54) is 5.56 Å². The normalized spacial score (nSPS) is 10.8. The van der Waals surface area contributed by atoms with Gasteiger partial charge in [0.15, 0.2) is 5.82 Å². The van der Waals surface area contributed by atoms with Gasteiger partial charge in [0.05, 0.1) is 0 Å². The molecule has 0 unspecified atom stereocenters. The summed E-state index contributed by atoms with van der Waals surface area (Å²) >= 11 is 9.39. The molecule has 96 valence electrons. The van der Waals surface area contributed by atoms with Gasteiger partial charge in [0.25, 0.3) is 0 Å². The Morgan fingerprint density at radius 3 is 2.94 bits per heavy atom. The van der Waals surface area contributed by atoms with Crippen molar-refractivity contribution >= 4 is 27.5 Å². The lowest BCUT2D eigenvalue weighted by molar-refractivity contribution is 0.660. The fourth-order valence-electron chi connectivity index (χ4n) is 1.59. The number of halogens is 2. The molecule has 1 heterocycles. The van der Waals surface area contributed by atoms with Crippen molar-refractivity contribution in [2.24, 2.45) is 7.05 Å². The SMILES string of the molecule is Cn1cnc(CCNCc2ccc(Cl)cc2Br)n1. The molecule has 0 aliphatic rings. The standard InChI is InChI=1S/C12H14BrClN4/c1-18-8-16-12(17-18)4-5-15-7-9-2-3-10(14)6-11(9)13/h2-3,6,8,15H,4-5,7H2,1H3. The minimum atomic E-state index is 0.739. The van der Waals surface area contributed by atoms with Crippen LogP contribution in [-0.2, 0) is 20.0 Å². The Balaban J connectivity index is 1.78. The summed E-state index contributed by atoms with van der Waals surface area (Å²) < 4.78 is 2.74. The predicted octanol–water partition coefficient (Wildman–Crippen LogP) is 2.56. The van der Waals surface area contributed by atoms with E-state index in [9.17, 15) is 0 Å². The fourth-order valence-corrected chi connectivity index (χ4v) is 2.41. The Morgan fingerprint density at radius 2 is 2.28 bits per heavy atom. The molecule has 2 aromatic rings. The molecule has 2 rings (SSSR count). The van der Waals surface area contributed by atoms with Crippen LogP contribution in [-0.4, -0.2) is 21.3 Å². The van der Waals surface area contributed by atoms with Crippen LogP contribution in [0, 0.1) is 0 Å². The topological polar surface area (TPSA) is 42.7 Å². The van der Waals surface area contributed by atoms with Gasteiger partial charge >= 0.3 is 0 Å². The Morgan fingerprint density at radius 1 is 1.44 bits per heavy atom. The molecule has 0 saturated carbocycles. The first-order valence-electron chi connectivity index (χ1n) is 5.64. The first-order chi connectivity index (χ1) is 8.65. The van der Waals surface area contributed by atoms with Crippen LogP contribution < -0.4 is 5.32 Å². The molecular weight excluding hydrogens is 316 g/mol. The minimum Gasteiger partial charge on any atom is -0.312 e. The van der Waals surface area contributed by atoms with E-state index < -0.39 is 0 Å². The van der Waals surface area contributed by atoms with Crippen molar-refractivity contribution in [2.75, 3.05) is 6.54 Å². The van der Waals surface area contributed by atoms with Gasteiger partial charge in [-0.3, -0.25) is 4.68 Å². The third-order valence-corrected chi connectivity index (χ3v) is 3.48. The van der Waals surface area contributed by atoms with E-state index in [2.05, 4.69) is 31.3 Å². The van der Waals surface area contributed by atoms with Crippen molar-refractivity contribution in [2.45, 2.75) is 13.0 Å². The lowest BCUT2D eigenvalue weighted by Crippen LogP contribution is -2.17. The lowest BCUT2D eigenvalue weighted by atomic mass is 10.2. The number of rotatable bonds is 5. The van der Waals surface area contributed by atoms with Crippen molar-refractivity contribution < 1.29 is 0 Å². The molecule has 0 fully saturated rings. The van der Waals surface area contributed by atoms with E-state index in [-0.39, 0.29) is 0 Å². The van der Waals surface area contributed by atoms with Crippen molar-refractivity contribution in [3.8, 4) is 0 Å². The second-order valence-corrected chi connectivity index (χ2v) is 5.29. The molecule has 1 N–H and O–H groups in total. The molecule has 4 nitrogen and oxygen atoms in total. The van der Waals surface area contributed by atoms with E-state index in [0.29, 0.717) is 0 Å². The quantitative estimate of drug-likeness (QED) is 0.857. The lowest BCUT2D eigenvalue weighted by Gasteiger charge is -2.06. The van der Waals surface area contributed by atoms with Gasteiger partial charge in [-0.05, 0) is 17.7 Å². The highest BCUT2D eigenvalue weighted by Gasteiger charge is 2.01. The fraction of sp³-hybridized carbons (Fsp3) is 0.333. The number of nitrogens with one attached hydrogen (secondary N) is 1.